The number of aromatic nitrogens is 3. The molecule has 3 heterocycles. The van der Waals surface area contributed by atoms with Crippen molar-refractivity contribution in [2.75, 3.05) is 0 Å². The van der Waals surface area contributed by atoms with Gasteiger partial charge in [-0.25, -0.2) is 0 Å². The third-order valence-corrected chi connectivity index (χ3v) is 12.2. The van der Waals surface area contributed by atoms with E-state index in [1.54, 1.807) is 0 Å². The van der Waals surface area contributed by atoms with Crippen LogP contribution in [0, 0.1) is 0 Å². The molecule has 11 aromatic rings. The lowest BCUT2D eigenvalue weighted by molar-refractivity contribution is 0.666. The lowest BCUT2D eigenvalue weighted by Crippen LogP contribution is -2.16. The fourth-order valence-electron chi connectivity index (χ4n) is 9.93. The van der Waals surface area contributed by atoms with Crippen molar-refractivity contribution in [3.63, 3.8) is 0 Å². The maximum absolute atomic E-state index is 2.46. The number of rotatable bonds is 3. The third-order valence-electron chi connectivity index (χ3n) is 12.2. The second-order valence-corrected chi connectivity index (χ2v) is 15.3. The van der Waals surface area contributed by atoms with E-state index in [0.717, 1.165) is 0 Å². The number of fused-ring (bicyclic) bond motifs is 13. The van der Waals surface area contributed by atoms with Gasteiger partial charge in [-0.15, -0.1) is 0 Å². The van der Waals surface area contributed by atoms with Crippen LogP contribution >= 0.6 is 0 Å². The van der Waals surface area contributed by atoms with Crippen molar-refractivity contribution in [2.45, 2.75) is 19.3 Å². The predicted octanol–water partition coefficient (Wildman–Crippen LogP) is 13.3. The van der Waals surface area contributed by atoms with Gasteiger partial charge in [-0.3, -0.25) is 0 Å². The van der Waals surface area contributed by atoms with Crippen LogP contribution < -0.4 is 0 Å². The molecule has 3 nitrogen and oxygen atoms in total. The molecule has 0 saturated carbocycles. The minimum Gasteiger partial charge on any atom is -0.309 e. The average Bonchev–Trinajstić information content (AvgIpc) is 3.91. The lowest BCUT2D eigenvalue weighted by atomic mass is 9.80. The minimum absolute atomic E-state index is 0.252. The SMILES string of the molecule is CC1(C)c2cc(-n3c4ccccc4c4ccccc43)ccc2-c2ccc3c(c21)c1cc(-n2c4ccccc4c4ccccc42)ccc1n3-c1ccccc1. The summed E-state index contributed by atoms with van der Waals surface area (Å²) in [6.45, 7) is 4.85. The Morgan fingerprint density at radius 3 is 1.33 bits per heavy atom. The van der Waals surface area contributed by atoms with E-state index in [9.17, 15) is 0 Å². The van der Waals surface area contributed by atoms with Crippen molar-refractivity contribution in [2.24, 2.45) is 0 Å². The largest absolute Gasteiger partial charge is 0.309 e. The highest BCUT2D eigenvalue weighted by molar-refractivity contribution is 6.16. The Kier molecular flexibility index (Phi) is 5.84. The molecule has 0 fully saturated rings. The lowest BCUT2D eigenvalue weighted by Gasteiger charge is -2.23. The Morgan fingerprint density at radius 1 is 0.333 bits per heavy atom. The summed E-state index contributed by atoms with van der Waals surface area (Å²) in [6, 6.07) is 64.9. The Bertz CT molecular complexity index is 3240. The first-order valence-corrected chi connectivity index (χ1v) is 18.9. The molecule has 1 aliphatic rings. The van der Waals surface area contributed by atoms with Gasteiger partial charge in [0.15, 0.2) is 0 Å². The first-order chi connectivity index (χ1) is 26.6. The molecular weight excluding hydrogens is 655 g/mol. The quantitative estimate of drug-likeness (QED) is 0.175. The summed E-state index contributed by atoms with van der Waals surface area (Å²) in [5.74, 6) is 0. The van der Waals surface area contributed by atoms with Crippen LogP contribution in [0.2, 0.25) is 0 Å². The maximum Gasteiger partial charge on any atom is 0.0544 e. The van der Waals surface area contributed by atoms with E-state index < -0.39 is 0 Å². The monoisotopic (exact) mass is 689 g/mol. The van der Waals surface area contributed by atoms with Crippen LogP contribution in [-0.2, 0) is 5.41 Å². The van der Waals surface area contributed by atoms with E-state index in [1.165, 1.54) is 105 Å². The Balaban J connectivity index is 1.14. The van der Waals surface area contributed by atoms with E-state index in [1.807, 2.05) is 0 Å². The zero-order valence-corrected chi connectivity index (χ0v) is 30.1. The highest BCUT2D eigenvalue weighted by Crippen LogP contribution is 2.54. The highest BCUT2D eigenvalue weighted by Gasteiger charge is 2.39. The zero-order chi connectivity index (χ0) is 35.7. The maximum atomic E-state index is 2.46. The van der Waals surface area contributed by atoms with Crippen LogP contribution in [0.4, 0.5) is 0 Å². The second-order valence-electron chi connectivity index (χ2n) is 15.3. The standard InChI is InChI=1S/C51H35N3/c1-51(2)42-31-34(54-45-22-12-8-18-38(45)39-19-9-13-23-46(39)54)24-26-35(42)40-27-29-48-49(50(40)51)41-30-33(25-28-47(41)52(48)32-14-4-3-5-15-32)53-43-20-10-6-16-36(43)37-17-7-11-21-44(37)53/h3-31H,1-2H3. The molecule has 0 spiro atoms. The molecule has 0 aliphatic heterocycles. The van der Waals surface area contributed by atoms with Gasteiger partial charge in [0.25, 0.3) is 0 Å². The first kappa shape index (κ1) is 29.7. The molecule has 12 rings (SSSR count). The second kappa shape index (κ2) is 10.6. The summed E-state index contributed by atoms with van der Waals surface area (Å²) in [4.78, 5) is 0. The van der Waals surface area contributed by atoms with Crippen molar-refractivity contribution in [1.29, 1.82) is 0 Å². The molecule has 8 aromatic carbocycles. The Morgan fingerprint density at radius 2 is 0.759 bits per heavy atom. The Hall–Kier alpha value is -6.84. The molecular formula is C51H35N3. The molecule has 0 N–H and O–H groups in total. The van der Waals surface area contributed by atoms with E-state index in [4.69, 9.17) is 0 Å². The normalized spacial score (nSPS) is 13.5. The van der Waals surface area contributed by atoms with Crippen LogP contribution in [0.15, 0.2) is 176 Å². The fourth-order valence-corrected chi connectivity index (χ4v) is 9.93. The van der Waals surface area contributed by atoms with Gasteiger partial charge in [0.1, 0.15) is 0 Å². The van der Waals surface area contributed by atoms with E-state index in [2.05, 4.69) is 203 Å². The van der Waals surface area contributed by atoms with Crippen molar-refractivity contribution >= 4 is 65.4 Å². The molecule has 0 atom stereocenters. The first-order valence-electron chi connectivity index (χ1n) is 18.9. The van der Waals surface area contributed by atoms with Crippen molar-refractivity contribution in [3.05, 3.63) is 187 Å². The van der Waals surface area contributed by atoms with Crippen molar-refractivity contribution in [1.82, 2.24) is 13.7 Å². The Labute approximate surface area is 312 Å². The minimum atomic E-state index is -0.252. The van der Waals surface area contributed by atoms with Crippen LogP contribution in [0.3, 0.4) is 0 Å². The highest BCUT2D eigenvalue weighted by atomic mass is 15.0. The smallest absolute Gasteiger partial charge is 0.0544 e. The van der Waals surface area contributed by atoms with Crippen LogP contribution in [0.1, 0.15) is 25.0 Å². The molecule has 0 bridgehead atoms. The number of hydrogen-bond acceptors (Lipinski definition) is 0. The number of benzene rings is 8. The van der Waals surface area contributed by atoms with Gasteiger partial charge in [-0.05, 0) is 95.1 Å². The van der Waals surface area contributed by atoms with Gasteiger partial charge in [-0.2, -0.15) is 0 Å². The molecule has 0 unspecified atom stereocenters. The summed E-state index contributed by atoms with van der Waals surface area (Å²) in [5.41, 5.74) is 16.1. The molecule has 1 aliphatic carbocycles. The van der Waals surface area contributed by atoms with Gasteiger partial charge in [0.05, 0.1) is 33.1 Å². The molecule has 0 saturated heterocycles. The summed E-state index contributed by atoms with van der Waals surface area (Å²) < 4.78 is 7.35. The number of nitrogens with zero attached hydrogens (tertiary/aromatic N) is 3. The van der Waals surface area contributed by atoms with Crippen molar-refractivity contribution < 1.29 is 0 Å². The molecule has 3 heteroatoms. The van der Waals surface area contributed by atoms with Gasteiger partial charge in [-0.1, -0.05) is 117 Å². The summed E-state index contributed by atoms with van der Waals surface area (Å²) in [5, 5.41) is 7.71. The van der Waals surface area contributed by atoms with Crippen molar-refractivity contribution in [3.8, 4) is 28.2 Å². The fraction of sp³-hybridized carbons (Fsp3) is 0.0588. The molecule has 3 aromatic heterocycles. The van der Waals surface area contributed by atoms with Gasteiger partial charge >= 0.3 is 0 Å². The van der Waals surface area contributed by atoms with E-state index in [-0.39, 0.29) is 5.41 Å². The molecule has 254 valence electrons. The van der Waals surface area contributed by atoms with Gasteiger partial charge in [0, 0.05) is 54.8 Å². The van der Waals surface area contributed by atoms with Gasteiger partial charge in [0.2, 0.25) is 0 Å². The zero-order valence-electron chi connectivity index (χ0n) is 30.1. The van der Waals surface area contributed by atoms with E-state index in [0.29, 0.717) is 0 Å². The van der Waals surface area contributed by atoms with Crippen LogP contribution in [0.25, 0.3) is 93.6 Å². The summed E-state index contributed by atoms with van der Waals surface area (Å²) >= 11 is 0. The molecule has 54 heavy (non-hydrogen) atoms. The van der Waals surface area contributed by atoms with Crippen LogP contribution in [0.5, 0.6) is 0 Å². The van der Waals surface area contributed by atoms with Gasteiger partial charge < -0.3 is 13.7 Å². The summed E-state index contributed by atoms with van der Waals surface area (Å²) in [6.07, 6.45) is 0. The van der Waals surface area contributed by atoms with E-state index >= 15 is 0 Å². The summed E-state index contributed by atoms with van der Waals surface area (Å²) in [7, 11) is 0. The number of hydrogen-bond donors (Lipinski definition) is 0. The third kappa shape index (κ3) is 3.80. The molecule has 0 radical (unpaired) electrons. The van der Waals surface area contributed by atoms with Crippen LogP contribution in [-0.4, -0.2) is 13.7 Å². The average molecular weight is 690 g/mol. The number of para-hydroxylation sites is 5. The topological polar surface area (TPSA) is 14.8 Å². The molecule has 0 amide bonds. The predicted molar refractivity (Wildman–Crippen MR) is 227 cm³/mol.